The normalized spacial score (nSPS) is 14.0. The van der Waals surface area contributed by atoms with Crippen molar-refractivity contribution in [2.24, 2.45) is 20.5 Å². The lowest BCUT2D eigenvalue weighted by Gasteiger charge is -2.23. The van der Waals surface area contributed by atoms with Crippen molar-refractivity contribution in [3.63, 3.8) is 0 Å². The molecule has 0 aliphatic heterocycles. The summed E-state index contributed by atoms with van der Waals surface area (Å²) in [5, 5.41) is 27.9. The van der Waals surface area contributed by atoms with Crippen molar-refractivity contribution in [2.75, 3.05) is 46.6 Å². The highest BCUT2D eigenvalue weighted by Gasteiger charge is 2.26. The van der Waals surface area contributed by atoms with Crippen molar-refractivity contribution in [1.82, 2.24) is 23.7 Å². The summed E-state index contributed by atoms with van der Waals surface area (Å²) in [5.41, 5.74) is 4.57. The highest BCUT2D eigenvalue weighted by molar-refractivity contribution is 7.99. The monoisotopic (exact) mass is 1040 g/mol. The van der Waals surface area contributed by atoms with Crippen LogP contribution in [0.3, 0.4) is 0 Å². The third-order valence-corrected chi connectivity index (χ3v) is 19.3. The van der Waals surface area contributed by atoms with Crippen LogP contribution >= 0.6 is 57.5 Å². The Balaban J connectivity index is 1.20. The summed E-state index contributed by atoms with van der Waals surface area (Å²) < 4.78 is 76.4. The van der Waals surface area contributed by atoms with Gasteiger partial charge in [0.05, 0.1) is 22.1 Å². The Morgan fingerprint density at radius 1 is 0.657 bits per heavy atom. The third kappa shape index (κ3) is 10.8. The van der Waals surface area contributed by atoms with Crippen LogP contribution in [0.5, 0.6) is 0 Å². The maximum atomic E-state index is 12.1. The molecule has 8 rings (SSSR count). The first-order valence-corrected chi connectivity index (χ1v) is 28.3. The van der Waals surface area contributed by atoms with E-state index in [4.69, 9.17) is 15.0 Å². The number of aryl methyl sites for hydroxylation is 2. The predicted octanol–water partition coefficient (Wildman–Crippen LogP) is 12.8. The van der Waals surface area contributed by atoms with Crippen LogP contribution < -0.4 is 20.4 Å². The van der Waals surface area contributed by atoms with Gasteiger partial charge in [-0.1, -0.05) is 53.7 Å². The number of fused-ring (bicyclic) bond motifs is 2. The zero-order valence-electron chi connectivity index (χ0n) is 37.2. The van der Waals surface area contributed by atoms with Gasteiger partial charge in [0.25, 0.3) is 0 Å². The summed E-state index contributed by atoms with van der Waals surface area (Å²) >= 11 is 5.54. The van der Waals surface area contributed by atoms with Crippen LogP contribution in [0.15, 0.2) is 70.4 Å². The van der Waals surface area contributed by atoms with Crippen LogP contribution in [0.1, 0.15) is 70.9 Å². The van der Waals surface area contributed by atoms with E-state index in [1.54, 1.807) is 25.6 Å². The second-order valence-corrected chi connectivity index (χ2v) is 23.4. The van der Waals surface area contributed by atoms with Crippen molar-refractivity contribution in [1.29, 1.82) is 0 Å². The van der Waals surface area contributed by atoms with E-state index in [1.165, 1.54) is 6.42 Å². The van der Waals surface area contributed by atoms with Gasteiger partial charge in [-0.15, -0.1) is 20.5 Å². The number of hydrogen-bond acceptors (Lipinski definition) is 22. The van der Waals surface area contributed by atoms with E-state index in [9.17, 15) is 25.9 Å². The number of anilines is 6. The molecule has 1 aliphatic carbocycles. The quantitative estimate of drug-likeness (QED) is 0.0460. The molecule has 7 aromatic rings. The molecule has 26 heteroatoms. The summed E-state index contributed by atoms with van der Waals surface area (Å²) in [7, 11) is -8.90. The molecule has 0 atom stereocenters. The minimum atomic E-state index is -4.45. The largest absolute Gasteiger partial charge is 0.372 e. The molecule has 1 aliphatic rings. The van der Waals surface area contributed by atoms with Crippen LogP contribution in [-0.2, 0) is 20.2 Å². The first-order valence-electron chi connectivity index (χ1n) is 21.4. The lowest BCUT2D eigenvalue weighted by molar-refractivity contribution is 0.483. The van der Waals surface area contributed by atoms with Gasteiger partial charge in [0, 0.05) is 42.8 Å². The van der Waals surface area contributed by atoms with E-state index in [0.717, 1.165) is 109 Å². The van der Waals surface area contributed by atoms with Gasteiger partial charge in [-0.2, -0.15) is 40.5 Å². The molecule has 0 radical (unpaired) electrons. The van der Waals surface area contributed by atoms with Gasteiger partial charge in [0.15, 0.2) is 23.6 Å². The fraction of sp³-hybridized carbons (Fsp3) is 0.390. The average Bonchev–Trinajstić information content (AvgIpc) is 4.06. The molecule has 1 fully saturated rings. The fourth-order valence-corrected chi connectivity index (χ4v) is 14.8. The SMILES string of the molecule is CCN(CC)c1ccc(/N=N/c2snc3sc(S(=O)(=O)O)c(C)c23)c(Nc2nc(Nc3cc(N(CC)CC)ccc3/N=N/c3snc4sc(S(=O)(=O)O)c(C)c34)nc(SC3CCCCC3)n2)c1. The molecule has 5 heterocycles. The van der Waals surface area contributed by atoms with Gasteiger partial charge in [0.2, 0.25) is 11.9 Å². The topological polar surface area (TPSA) is 253 Å². The first-order chi connectivity index (χ1) is 32.1. The molecule has 0 amide bonds. The lowest BCUT2D eigenvalue weighted by atomic mass is 10.0. The second kappa shape index (κ2) is 20.4. The Kier molecular flexibility index (Phi) is 14.8. The third-order valence-electron chi connectivity index (χ3n) is 11.1. The number of thioether (sulfide) groups is 1. The number of nitrogens with one attached hydrogen (secondary N) is 2. The summed E-state index contributed by atoms with van der Waals surface area (Å²) in [5.74, 6) is 0.488. The molecule has 1 saturated carbocycles. The number of aromatic nitrogens is 5. The highest BCUT2D eigenvalue weighted by Crippen LogP contribution is 2.45. The Hall–Kier alpha value is -4.80. The molecule has 0 saturated heterocycles. The van der Waals surface area contributed by atoms with Gasteiger partial charge < -0.3 is 20.4 Å². The van der Waals surface area contributed by atoms with Gasteiger partial charge in [-0.3, -0.25) is 9.11 Å². The molecule has 19 nitrogen and oxygen atoms in total. The number of hydrogen-bond donors (Lipinski definition) is 4. The average molecular weight is 1040 g/mol. The van der Waals surface area contributed by atoms with E-state index < -0.39 is 20.2 Å². The number of rotatable bonds is 18. The van der Waals surface area contributed by atoms with Crippen LogP contribution in [0, 0.1) is 13.8 Å². The predicted molar refractivity (Wildman–Crippen MR) is 272 cm³/mol. The summed E-state index contributed by atoms with van der Waals surface area (Å²) in [6.45, 7) is 14.5. The van der Waals surface area contributed by atoms with Gasteiger partial charge in [-0.05, 0) is 125 Å². The van der Waals surface area contributed by atoms with Gasteiger partial charge in [-0.25, -0.2) is 0 Å². The number of thiophene rings is 2. The zero-order chi connectivity index (χ0) is 47.6. The Labute approximate surface area is 408 Å². The Morgan fingerprint density at radius 2 is 1.09 bits per heavy atom. The number of azo groups is 2. The first kappa shape index (κ1) is 48.6. The van der Waals surface area contributed by atoms with E-state index >= 15 is 0 Å². The minimum absolute atomic E-state index is 0.178. The molecule has 0 bridgehead atoms. The summed E-state index contributed by atoms with van der Waals surface area (Å²) in [6, 6.07) is 11.5. The molecule has 5 aromatic heterocycles. The van der Waals surface area contributed by atoms with Gasteiger partial charge >= 0.3 is 20.2 Å². The zero-order valence-corrected chi connectivity index (χ0v) is 42.9. The molecule has 2 aromatic carbocycles. The second-order valence-electron chi connectivity index (χ2n) is 15.4. The fourth-order valence-electron chi connectivity index (χ4n) is 7.76. The van der Waals surface area contributed by atoms with Crippen molar-refractivity contribution < 1.29 is 25.9 Å². The molecule has 67 heavy (non-hydrogen) atoms. The highest BCUT2D eigenvalue weighted by atomic mass is 32.3. The van der Waals surface area contributed by atoms with E-state index in [1.807, 2.05) is 36.4 Å². The van der Waals surface area contributed by atoms with Crippen LogP contribution in [-0.4, -0.2) is 81.1 Å². The van der Waals surface area contributed by atoms with Crippen LogP contribution in [0.25, 0.3) is 20.4 Å². The molecule has 4 N–H and O–H groups in total. The van der Waals surface area contributed by atoms with Crippen molar-refractivity contribution in [3.05, 3.63) is 47.5 Å². The maximum Gasteiger partial charge on any atom is 0.304 e. The minimum Gasteiger partial charge on any atom is -0.372 e. The standard InChI is InChI=1S/C41H47N13O6S7/c1-7-53(8-2)24-16-18-27(47-49-33-31-22(5)37(66(55,56)57)62-35(31)51-64-33)29(20-24)42-39-44-40(46-41(45-39)61-26-14-12-11-13-15-26)43-30-21-25(54(9-3)10-4)17-19-28(30)48-50-34-32-23(6)38(67(58,59)60)63-36(32)52-65-34/h16-21,26H,7-15H2,1-6H3,(H,55,56,57)(H,58,59,60)(H2,42,43,44,45,46)/b49-47+,50-48+. The molecule has 0 unspecified atom stereocenters. The smallest absolute Gasteiger partial charge is 0.304 e. The molecule has 0 spiro atoms. The number of benzene rings is 2. The van der Waals surface area contributed by atoms with Crippen LogP contribution in [0.2, 0.25) is 0 Å². The van der Waals surface area contributed by atoms with Crippen molar-refractivity contribution in [2.45, 2.75) is 92.5 Å². The van der Waals surface area contributed by atoms with E-state index in [2.05, 4.69) is 77.3 Å². The van der Waals surface area contributed by atoms with E-state index in [0.29, 0.717) is 74.7 Å². The summed E-state index contributed by atoms with van der Waals surface area (Å²) in [6.07, 6.45) is 5.51. The number of nitrogens with zero attached hydrogens (tertiary/aromatic N) is 11. The van der Waals surface area contributed by atoms with E-state index in [-0.39, 0.29) is 20.3 Å². The van der Waals surface area contributed by atoms with Gasteiger partial charge in [0.1, 0.15) is 21.0 Å². The van der Waals surface area contributed by atoms with Crippen molar-refractivity contribution >= 4 is 154 Å². The molecule has 354 valence electrons. The van der Waals surface area contributed by atoms with Crippen molar-refractivity contribution in [3.8, 4) is 0 Å². The Bertz CT molecular complexity index is 3020. The summed E-state index contributed by atoms with van der Waals surface area (Å²) in [4.78, 5) is 20.0. The molecular formula is C41H47N13O6S7. The maximum absolute atomic E-state index is 12.1. The van der Waals surface area contributed by atoms with Crippen LogP contribution in [0.4, 0.5) is 56.0 Å². The lowest BCUT2D eigenvalue weighted by Crippen LogP contribution is -2.21. The Morgan fingerprint density at radius 3 is 1.49 bits per heavy atom. The molecular weight excluding hydrogens is 995 g/mol.